The van der Waals surface area contributed by atoms with Gasteiger partial charge in [-0.25, -0.2) is 9.97 Å². The normalized spacial score (nSPS) is 13.4. The minimum absolute atomic E-state index is 0.258. The summed E-state index contributed by atoms with van der Waals surface area (Å²) in [5.41, 5.74) is 2.93. The third-order valence-electron chi connectivity index (χ3n) is 2.77. The summed E-state index contributed by atoms with van der Waals surface area (Å²) in [6.45, 7) is 1.48. The van der Waals surface area contributed by atoms with Gasteiger partial charge in [0.05, 0.1) is 5.69 Å². The van der Waals surface area contributed by atoms with E-state index in [9.17, 15) is 0 Å². The Morgan fingerprint density at radius 1 is 1.06 bits per heavy atom. The molecule has 1 aromatic heterocycles. The molecule has 0 atom stereocenters. The molecule has 0 radical (unpaired) electrons. The molecular weight excluding hydrogens is 271 g/mol. The minimum Gasteiger partial charge on any atom is -0.340 e. The van der Waals surface area contributed by atoms with Crippen LogP contribution in [0.3, 0.4) is 0 Å². The maximum absolute atomic E-state index is 5.91. The van der Waals surface area contributed by atoms with Crippen LogP contribution in [-0.4, -0.2) is 9.97 Å². The van der Waals surface area contributed by atoms with E-state index in [1.165, 1.54) is 0 Å². The molecule has 1 aromatic carbocycles. The Hall–Kier alpha value is -1.36. The summed E-state index contributed by atoms with van der Waals surface area (Å²) in [6.07, 6.45) is 0. The molecule has 1 aliphatic rings. The number of anilines is 2. The molecule has 0 amide bonds. The number of rotatable bonds is 2. The van der Waals surface area contributed by atoms with Crippen molar-refractivity contribution < 1.29 is 0 Å². The van der Waals surface area contributed by atoms with E-state index in [0.29, 0.717) is 5.02 Å². The summed E-state index contributed by atoms with van der Waals surface area (Å²) in [7, 11) is 0. The lowest BCUT2D eigenvalue weighted by Crippen LogP contribution is -2.02. The Bertz CT molecular complexity index is 583. The highest BCUT2D eigenvalue weighted by Gasteiger charge is 2.18. The van der Waals surface area contributed by atoms with Crippen molar-refractivity contribution in [1.82, 2.24) is 15.3 Å². The predicted octanol–water partition coefficient (Wildman–Crippen LogP) is 3.13. The highest BCUT2D eigenvalue weighted by atomic mass is 35.5. The van der Waals surface area contributed by atoms with Crippen molar-refractivity contribution in [2.24, 2.45) is 0 Å². The molecule has 0 bridgehead atoms. The van der Waals surface area contributed by atoms with E-state index in [4.69, 9.17) is 23.2 Å². The quantitative estimate of drug-likeness (QED) is 0.830. The molecule has 18 heavy (non-hydrogen) atoms. The van der Waals surface area contributed by atoms with Gasteiger partial charge in [0.1, 0.15) is 5.82 Å². The molecule has 3 rings (SSSR count). The SMILES string of the molecule is Clc1ccc(Nc2nc(Cl)nc3c2CNC3)cc1. The fraction of sp³-hybridized carbons (Fsp3) is 0.167. The molecular formula is C12H10Cl2N4. The van der Waals surface area contributed by atoms with Crippen LogP contribution in [0.1, 0.15) is 11.3 Å². The lowest BCUT2D eigenvalue weighted by molar-refractivity contribution is 0.758. The zero-order valence-electron chi connectivity index (χ0n) is 9.37. The lowest BCUT2D eigenvalue weighted by atomic mass is 10.2. The van der Waals surface area contributed by atoms with Crippen molar-refractivity contribution in [1.29, 1.82) is 0 Å². The average Bonchev–Trinajstić information content (AvgIpc) is 2.80. The molecule has 4 nitrogen and oxygen atoms in total. The number of nitrogens with zero attached hydrogens (tertiary/aromatic N) is 2. The summed E-state index contributed by atoms with van der Waals surface area (Å²) in [5.74, 6) is 0.748. The standard InChI is InChI=1S/C12H10Cl2N4/c13-7-1-3-8(4-2-7)16-11-9-5-15-6-10(9)17-12(14)18-11/h1-4,15H,5-6H2,(H,16,17,18). The third kappa shape index (κ3) is 2.27. The van der Waals surface area contributed by atoms with Gasteiger partial charge < -0.3 is 10.6 Å². The summed E-state index contributed by atoms with van der Waals surface area (Å²) in [5, 5.41) is 7.43. The van der Waals surface area contributed by atoms with E-state index in [1.807, 2.05) is 24.3 Å². The van der Waals surface area contributed by atoms with Gasteiger partial charge in [0.25, 0.3) is 0 Å². The van der Waals surface area contributed by atoms with Crippen LogP contribution in [0.4, 0.5) is 11.5 Å². The van der Waals surface area contributed by atoms with Crippen LogP contribution in [0.2, 0.25) is 10.3 Å². The molecule has 6 heteroatoms. The predicted molar refractivity (Wildman–Crippen MR) is 72.3 cm³/mol. The zero-order chi connectivity index (χ0) is 12.5. The number of hydrogen-bond acceptors (Lipinski definition) is 4. The van der Waals surface area contributed by atoms with Gasteiger partial charge >= 0.3 is 0 Å². The number of benzene rings is 1. The van der Waals surface area contributed by atoms with E-state index in [1.54, 1.807) is 0 Å². The molecule has 0 aliphatic carbocycles. The van der Waals surface area contributed by atoms with Crippen LogP contribution in [0, 0.1) is 0 Å². The first-order valence-electron chi connectivity index (χ1n) is 5.51. The van der Waals surface area contributed by atoms with Crippen LogP contribution in [-0.2, 0) is 13.1 Å². The van der Waals surface area contributed by atoms with Crippen molar-refractivity contribution in [2.75, 3.05) is 5.32 Å². The molecule has 2 heterocycles. The number of fused-ring (bicyclic) bond motifs is 1. The molecule has 0 saturated heterocycles. The van der Waals surface area contributed by atoms with Crippen molar-refractivity contribution in [3.63, 3.8) is 0 Å². The fourth-order valence-electron chi connectivity index (χ4n) is 1.91. The maximum atomic E-state index is 5.91. The van der Waals surface area contributed by atoms with E-state index in [-0.39, 0.29) is 5.28 Å². The Morgan fingerprint density at radius 3 is 2.61 bits per heavy atom. The van der Waals surface area contributed by atoms with Crippen LogP contribution in [0.5, 0.6) is 0 Å². The van der Waals surface area contributed by atoms with Crippen LogP contribution >= 0.6 is 23.2 Å². The largest absolute Gasteiger partial charge is 0.340 e. The second kappa shape index (κ2) is 4.72. The summed E-state index contributed by atoms with van der Waals surface area (Å²) in [4.78, 5) is 8.43. The Morgan fingerprint density at radius 2 is 1.83 bits per heavy atom. The van der Waals surface area contributed by atoms with Crippen LogP contribution in [0.25, 0.3) is 0 Å². The molecule has 2 aromatic rings. The zero-order valence-corrected chi connectivity index (χ0v) is 10.9. The molecule has 92 valence electrons. The first-order chi connectivity index (χ1) is 8.72. The monoisotopic (exact) mass is 280 g/mol. The van der Waals surface area contributed by atoms with Crippen molar-refractivity contribution in [2.45, 2.75) is 13.1 Å². The smallest absolute Gasteiger partial charge is 0.224 e. The van der Waals surface area contributed by atoms with E-state index in [0.717, 1.165) is 35.9 Å². The topological polar surface area (TPSA) is 49.8 Å². The van der Waals surface area contributed by atoms with Gasteiger partial charge in [-0.2, -0.15) is 0 Å². The van der Waals surface area contributed by atoms with Gasteiger partial charge in [-0.15, -0.1) is 0 Å². The summed E-state index contributed by atoms with van der Waals surface area (Å²) < 4.78 is 0. The number of aromatic nitrogens is 2. The van der Waals surface area contributed by atoms with Gasteiger partial charge in [0, 0.05) is 29.4 Å². The van der Waals surface area contributed by atoms with Crippen molar-refractivity contribution >= 4 is 34.7 Å². The van der Waals surface area contributed by atoms with Gasteiger partial charge in [-0.3, -0.25) is 0 Å². The molecule has 0 fully saturated rings. The van der Waals surface area contributed by atoms with Crippen molar-refractivity contribution in [3.8, 4) is 0 Å². The Kier molecular flexibility index (Phi) is 3.07. The molecule has 0 spiro atoms. The minimum atomic E-state index is 0.258. The highest BCUT2D eigenvalue weighted by Crippen LogP contribution is 2.26. The first kappa shape index (κ1) is 11.7. The van der Waals surface area contributed by atoms with E-state index in [2.05, 4.69) is 20.6 Å². The van der Waals surface area contributed by atoms with Crippen molar-refractivity contribution in [3.05, 3.63) is 45.8 Å². The summed E-state index contributed by atoms with van der Waals surface area (Å²) in [6, 6.07) is 7.44. The average molecular weight is 281 g/mol. The third-order valence-corrected chi connectivity index (χ3v) is 3.19. The van der Waals surface area contributed by atoms with E-state index >= 15 is 0 Å². The van der Waals surface area contributed by atoms with Crippen LogP contribution in [0.15, 0.2) is 24.3 Å². The van der Waals surface area contributed by atoms with Crippen LogP contribution < -0.4 is 10.6 Å². The van der Waals surface area contributed by atoms with Gasteiger partial charge in [-0.05, 0) is 35.9 Å². The van der Waals surface area contributed by atoms with Gasteiger partial charge in [0.15, 0.2) is 0 Å². The molecule has 0 saturated carbocycles. The Labute approximate surface area is 114 Å². The fourth-order valence-corrected chi connectivity index (χ4v) is 2.22. The van der Waals surface area contributed by atoms with Gasteiger partial charge in [0.2, 0.25) is 5.28 Å². The molecule has 2 N–H and O–H groups in total. The first-order valence-corrected chi connectivity index (χ1v) is 6.26. The molecule has 0 unspecified atom stereocenters. The second-order valence-corrected chi connectivity index (χ2v) is 4.78. The number of hydrogen-bond donors (Lipinski definition) is 2. The lowest BCUT2D eigenvalue weighted by Gasteiger charge is -2.09. The maximum Gasteiger partial charge on any atom is 0.224 e. The molecule has 1 aliphatic heterocycles. The van der Waals surface area contributed by atoms with Gasteiger partial charge in [-0.1, -0.05) is 11.6 Å². The highest BCUT2D eigenvalue weighted by molar-refractivity contribution is 6.30. The Balaban J connectivity index is 1.95. The number of halogens is 2. The number of nitrogens with one attached hydrogen (secondary N) is 2. The van der Waals surface area contributed by atoms with E-state index < -0.39 is 0 Å². The second-order valence-electron chi connectivity index (χ2n) is 4.00. The summed E-state index contributed by atoms with van der Waals surface area (Å²) >= 11 is 11.8.